The first-order valence-electron chi connectivity index (χ1n) is 6.23. The second-order valence-corrected chi connectivity index (χ2v) is 5.09. The van der Waals surface area contributed by atoms with Gasteiger partial charge in [-0.2, -0.15) is 5.26 Å². The molecule has 0 saturated heterocycles. The van der Waals surface area contributed by atoms with Gasteiger partial charge in [0.1, 0.15) is 10.8 Å². The van der Waals surface area contributed by atoms with E-state index in [9.17, 15) is 4.79 Å². The second-order valence-electron chi connectivity index (χ2n) is 4.74. The van der Waals surface area contributed by atoms with E-state index in [1.807, 2.05) is 24.3 Å². The molecule has 1 aromatic carbocycles. The lowest BCUT2D eigenvalue weighted by atomic mass is 10.1. The summed E-state index contributed by atoms with van der Waals surface area (Å²) in [6, 6.07) is 11.3. The number of carbonyl (C=O) groups excluding carboxylic acids is 1. The van der Waals surface area contributed by atoms with Crippen LogP contribution in [0.4, 0.5) is 0 Å². The summed E-state index contributed by atoms with van der Waals surface area (Å²) in [5.41, 5.74) is 0.293. The third-order valence-electron chi connectivity index (χ3n) is 3.03. The van der Waals surface area contributed by atoms with Crippen LogP contribution in [0.1, 0.15) is 17.4 Å². The number of nitrogens with zero attached hydrogens (tertiary/aromatic N) is 3. The van der Waals surface area contributed by atoms with Gasteiger partial charge in [0, 0.05) is 19.0 Å². The maximum Gasteiger partial charge on any atom is 0.272 e. The van der Waals surface area contributed by atoms with Crippen LogP contribution >= 0.6 is 11.6 Å². The second kappa shape index (κ2) is 5.89. The number of rotatable bonds is 3. The fourth-order valence-corrected chi connectivity index (χ4v) is 2.26. The molecule has 1 amide bonds. The lowest BCUT2D eigenvalue weighted by molar-refractivity contribution is 0.0779. The van der Waals surface area contributed by atoms with Crippen molar-refractivity contribution in [3.8, 4) is 6.07 Å². The van der Waals surface area contributed by atoms with Crippen LogP contribution in [0.2, 0.25) is 5.15 Å². The summed E-state index contributed by atoms with van der Waals surface area (Å²) in [7, 11) is 1.65. The zero-order valence-electron chi connectivity index (χ0n) is 11.3. The van der Waals surface area contributed by atoms with E-state index in [0.29, 0.717) is 17.4 Å². The van der Waals surface area contributed by atoms with Crippen LogP contribution in [-0.2, 0) is 0 Å². The van der Waals surface area contributed by atoms with Crippen LogP contribution in [0.15, 0.2) is 30.3 Å². The van der Waals surface area contributed by atoms with Crippen molar-refractivity contribution in [3.63, 3.8) is 0 Å². The summed E-state index contributed by atoms with van der Waals surface area (Å²) >= 11 is 6.11. The Hall–Kier alpha value is -2.12. The number of hydrogen-bond acceptors (Lipinski definition) is 3. The number of hydrogen-bond donors (Lipinski definition) is 0. The first-order valence-corrected chi connectivity index (χ1v) is 6.61. The van der Waals surface area contributed by atoms with Crippen molar-refractivity contribution >= 4 is 28.3 Å². The summed E-state index contributed by atoms with van der Waals surface area (Å²) in [6.07, 6.45) is 0. The number of nitriles is 1. The maximum atomic E-state index is 12.3. The van der Waals surface area contributed by atoms with Crippen LogP contribution < -0.4 is 0 Å². The molecule has 5 heteroatoms. The van der Waals surface area contributed by atoms with Crippen LogP contribution in [0.25, 0.3) is 10.8 Å². The molecule has 0 aliphatic heterocycles. The Morgan fingerprint density at radius 1 is 1.50 bits per heavy atom. The Labute approximate surface area is 122 Å². The highest BCUT2D eigenvalue weighted by Gasteiger charge is 2.17. The molecule has 0 N–H and O–H groups in total. The largest absolute Gasteiger partial charge is 0.339 e. The molecule has 2 aromatic rings. The molecule has 2 rings (SSSR count). The molecule has 0 saturated carbocycles. The minimum absolute atomic E-state index is 0.222. The molecule has 20 heavy (non-hydrogen) atoms. The van der Waals surface area contributed by atoms with E-state index in [-0.39, 0.29) is 11.8 Å². The van der Waals surface area contributed by atoms with Crippen molar-refractivity contribution in [1.29, 1.82) is 5.26 Å². The van der Waals surface area contributed by atoms with Gasteiger partial charge in [0.05, 0.1) is 12.0 Å². The average Bonchev–Trinajstić information content (AvgIpc) is 2.46. The van der Waals surface area contributed by atoms with Gasteiger partial charge in [-0.15, -0.1) is 0 Å². The van der Waals surface area contributed by atoms with Crippen molar-refractivity contribution in [3.05, 3.63) is 41.2 Å². The summed E-state index contributed by atoms with van der Waals surface area (Å²) in [4.78, 5) is 17.9. The summed E-state index contributed by atoms with van der Waals surface area (Å²) in [5, 5.41) is 10.8. The normalized spacial score (nSPS) is 11.9. The van der Waals surface area contributed by atoms with Crippen molar-refractivity contribution in [2.24, 2.45) is 5.92 Å². The predicted molar refractivity (Wildman–Crippen MR) is 78.5 cm³/mol. The molecule has 0 radical (unpaired) electrons. The monoisotopic (exact) mass is 287 g/mol. The molecular formula is C15H14ClN3O. The molecular weight excluding hydrogens is 274 g/mol. The van der Waals surface area contributed by atoms with Crippen LogP contribution in [0, 0.1) is 17.2 Å². The lowest BCUT2D eigenvalue weighted by Gasteiger charge is -2.18. The Bertz CT molecular complexity index is 693. The van der Waals surface area contributed by atoms with E-state index < -0.39 is 0 Å². The number of pyridine rings is 1. The lowest BCUT2D eigenvalue weighted by Crippen LogP contribution is -2.31. The highest BCUT2D eigenvalue weighted by Crippen LogP contribution is 2.22. The molecule has 0 fully saturated rings. The van der Waals surface area contributed by atoms with Gasteiger partial charge in [-0.25, -0.2) is 4.98 Å². The van der Waals surface area contributed by atoms with Crippen LogP contribution in [0.5, 0.6) is 0 Å². The number of aromatic nitrogens is 1. The quantitative estimate of drug-likeness (QED) is 0.815. The van der Waals surface area contributed by atoms with E-state index >= 15 is 0 Å². The molecule has 0 aliphatic carbocycles. The fourth-order valence-electron chi connectivity index (χ4n) is 2.00. The average molecular weight is 288 g/mol. The molecule has 1 aromatic heterocycles. The topological polar surface area (TPSA) is 57.0 Å². The van der Waals surface area contributed by atoms with Gasteiger partial charge in [0.25, 0.3) is 5.91 Å². The molecule has 1 unspecified atom stereocenters. The van der Waals surface area contributed by atoms with Crippen molar-refractivity contribution < 1.29 is 4.79 Å². The first kappa shape index (κ1) is 14.3. The van der Waals surface area contributed by atoms with E-state index in [1.165, 1.54) is 4.90 Å². The summed E-state index contributed by atoms with van der Waals surface area (Å²) in [6.45, 7) is 2.13. The zero-order chi connectivity index (χ0) is 14.7. The third kappa shape index (κ3) is 2.89. The molecule has 0 bridgehead atoms. The van der Waals surface area contributed by atoms with Gasteiger partial charge < -0.3 is 4.90 Å². The molecule has 0 spiro atoms. The smallest absolute Gasteiger partial charge is 0.272 e. The summed E-state index contributed by atoms with van der Waals surface area (Å²) in [5.74, 6) is -0.459. The van der Waals surface area contributed by atoms with Gasteiger partial charge in [-0.05, 0) is 18.4 Å². The molecule has 1 heterocycles. The van der Waals surface area contributed by atoms with E-state index in [2.05, 4.69) is 11.1 Å². The van der Waals surface area contributed by atoms with Crippen LogP contribution in [0.3, 0.4) is 0 Å². The van der Waals surface area contributed by atoms with E-state index in [4.69, 9.17) is 16.9 Å². The molecule has 4 nitrogen and oxygen atoms in total. The van der Waals surface area contributed by atoms with Gasteiger partial charge in [0.2, 0.25) is 0 Å². The van der Waals surface area contributed by atoms with Gasteiger partial charge in [0.15, 0.2) is 0 Å². The first-order chi connectivity index (χ1) is 9.52. The Kier molecular flexibility index (Phi) is 4.21. The van der Waals surface area contributed by atoms with E-state index in [1.54, 1.807) is 20.0 Å². The SMILES string of the molecule is CC(C#N)CN(C)C(=O)c1cc2ccccc2c(Cl)n1. The number of halogens is 1. The maximum absolute atomic E-state index is 12.3. The zero-order valence-corrected chi connectivity index (χ0v) is 12.1. The standard InChI is InChI=1S/C15H14ClN3O/c1-10(8-17)9-19(2)15(20)13-7-11-5-3-4-6-12(11)14(16)18-13/h3-7,10H,9H2,1-2H3. The predicted octanol–water partition coefficient (Wildman–Crippen LogP) is 3.12. The van der Waals surface area contributed by atoms with Gasteiger partial charge >= 0.3 is 0 Å². The number of carbonyl (C=O) groups is 1. The Morgan fingerprint density at radius 3 is 2.90 bits per heavy atom. The van der Waals surface area contributed by atoms with Crippen molar-refractivity contribution in [2.75, 3.05) is 13.6 Å². The van der Waals surface area contributed by atoms with Gasteiger partial charge in [-0.3, -0.25) is 4.79 Å². The Balaban J connectivity index is 2.33. The van der Waals surface area contributed by atoms with Crippen LogP contribution in [-0.4, -0.2) is 29.4 Å². The number of amides is 1. The highest BCUT2D eigenvalue weighted by molar-refractivity contribution is 6.34. The number of fused-ring (bicyclic) bond motifs is 1. The van der Waals surface area contributed by atoms with Crippen molar-refractivity contribution in [2.45, 2.75) is 6.92 Å². The highest BCUT2D eigenvalue weighted by atomic mass is 35.5. The van der Waals surface area contributed by atoms with Gasteiger partial charge in [-0.1, -0.05) is 35.9 Å². The fraction of sp³-hybridized carbons (Fsp3) is 0.267. The minimum Gasteiger partial charge on any atom is -0.339 e. The Morgan fingerprint density at radius 2 is 2.20 bits per heavy atom. The van der Waals surface area contributed by atoms with E-state index in [0.717, 1.165) is 10.8 Å². The number of benzene rings is 1. The molecule has 102 valence electrons. The molecule has 0 aliphatic rings. The molecule has 1 atom stereocenters. The third-order valence-corrected chi connectivity index (χ3v) is 3.32. The summed E-state index contributed by atoms with van der Waals surface area (Å²) < 4.78 is 0. The minimum atomic E-state index is -0.236. The van der Waals surface area contributed by atoms with Crippen molar-refractivity contribution in [1.82, 2.24) is 9.88 Å².